The predicted molar refractivity (Wildman–Crippen MR) is 97.2 cm³/mol. The number of carbonyl (C=O) groups is 1. The number of rotatable bonds is 7. The fraction of sp³-hybridized carbons (Fsp3) is 0.100. The summed E-state index contributed by atoms with van der Waals surface area (Å²) in [7, 11) is 0. The molecule has 1 aromatic heterocycles. The van der Waals surface area contributed by atoms with Crippen LogP contribution >= 0.6 is 0 Å². The lowest BCUT2D eigenvalue weighted by atomic mass is 10.0. The number of nitrogens with one attached hydrogen (secondary N) is 2. The molecule has 1 amide bonds. The van der Waals surface area contributed by atoms with Crippen LogP contribution in [-0.4, -0.2) is 17.5 Å². The molecule has 0 saturated carbocycles. The van der Waals surface area contributed by atoms with Crippen molar-refractivity contribution in [2.24, 2.45) is 0 Å². The second-order valence-corrected chi connectivity index (χ2v) is 5.45. The summed E-state index contributed by atoms with van der Waals surface area (Å²) in [5.41, 5.74) is 7.54. The summed E-state index contributed by atoms with van der Waals surface area (Å²) in [6.07, 6.45) is 2.40. The standard InChI is InChI=1S/C20H19N3O2/c24-20(23-22-19-12-6-7-13-21-19)15-25-18-11-5-4-10-17(18)14-16-8-2-1-3-9-16/h1-13H,14-15H2,(H,21,22)(H,23,24). The van der Waals surface area contributed by atoms with Crippen molar-refractivity contribution in [1.29, 1.82) is 0 Å². The number of hydrazine groups is 1. The normalized spacial score (nSPS) is 10.1. The minimum atomic E-state index is -0.278. The van der Waals surface area contributed by atoms with Crippen LogP contribution in [0.15, 0.2) is 79.0 Å². The lowest BCUT2D eigenvalue weighted by Crippen LogP contribution is -2.34. The second-order valence-electron chi connectivity index (χ2n) is 5.45. The molecule has 0 unspecified atom stereocenters. The molecular formula is C20H19N3O2. The first-order valence-corrected chi connectivity index (χ1v) is 8.02. The monoisotopic (exact) mass is 333 g/mol. The van der Waals surface area contributed by atoms with Crippen molar-refractivity contribution in [3.63, 3.8) is 0 Å². The quantitative estimate of drug-likeness (QED) is 0.652. The van der Waals surface area contributed by atoms with Crippen LogP contribution in [0.4, 0.5) is 5.82 Å². The Hall–Kier alpha value is -3.34. The van der Waals surface area contributed by atoms with Gasteiger partial charge in [-0.15, -0.1) is 0 Å². The molecule has 0 radical (unpaired) electrons. The van der Waals surface area contributed by atoms with E-state index in [0.29, 0.717) is 11.6 Å². The van der Waals surface area contributed by atoms with Crippen LogP contribution in [0, 0.1) is 0 Å². The van der Waals surface area contributed by atoms with E-state index in [1.54, 1.807) is 18.3 Å². The van der Waals surface area contributed by atoms with Crippen LogP contribution < -0.4 is 15.6 Å². The zero-order chi connectivity index (χ0) is 17.3. The van der Waals surface area contributed by atoms with Crippen LogP contribution in [0.2, 0.25) is 0 Å². The van der Waals surface area contributed by atoms with Crippen molar-refractivity contribution in [2.45, 2.75) is 6.42 Å². The molecule has 2 aromatic carbocycles. The van der Waals surface area contributed by atoms with Gasteiger partial charge in [0.1, 0.15) is 11.6 Å². The third-order valence-corrected chi connectivity index (χ3v) is 3.56. The molecule has 2 N–H and O–H groups in total. The molecule has 0 aliphatic rings. The predicted octanol–water partition coefficient (Wildman–Crippen LogP) is 3.19. The molecule has 0 aliphatic heterocycles. The zero-order valence-corrected chi connectivity index (χ0v) is 13.7. The fourth-order valence-electron chi connectivity index (χ4n) is 2.36. The molecule has 0 spiro atoms. The molecule has 0 aliphatic carbocycles. The first-order chi connectivity index (χ1) is 12.3. The highest BCUT2D eigenvalue weighted by Gasteiger charge is 2.07. The third kappa shape index (κ3) is 5.07. The first-order valence-electron chi connectivity index (χ1n) is 8.02. The maximum absolute atomic E-state index is 11.9. The van der Waals surface area contributed by atoms with E-state index in [0.717, 1.165) is 12.0 Å². The van der Waals surface area contributed by atoms with Crippen molar-refractivity contribution in [2.75, 3.05) is 12.0 Å². The number of hydrogen-bond donors (Lipinski definition) is 2. The maximum atomic E-state index is 11.9. The molecule has 25 heavy (non-hydrogen) atoms. The Kier molecular flexibility index (Phi) is 5.61. The van der Waals surface area contributed by atoms with Gasteiger partial charge in [-0.2, -0.15) is 0 Å². The number of amides is 1. The summed E-state index contributed by atoms with van der Waals surface area (Å²) in [4.78, 5) is 16.0. The summed E-state index contributed by atoms with van der Waals surface area (Å²) in [5, 5.41) is 0. The number of pyridine rings is 1. The fourth-order valence-corrected chi connectivity index (χ4v) is 2.36. The van der Waals surface area contributed by atoms with E-state index in [1.165, 1.54) is 5.56 Å². The number of nitrogens with zero attached hydrogens (tertiary/aromatic N) is 1. The van der Waals surface area contributed by atoms with Gasteiger partial charge in [0.2, 0.25) is 0 Å². The zero-order valence-electron chi connectivity index (χ0n) is 13.7. The van der Waals surface area contributed by atoms with Gasteiger partial charge in [0.25, 0.3) is 5.91 Å². The lowest BCUT2D eigenvalue weighted by molar-refractivity contribution is -0.122. The summed E-state index contributed by atoms with van der Waals surface area (Å²) in [6.45, 7) is -0.0777. The molecule has 3 aromatic rings. The number of aromatic nitrogens is 1. The summed E-state index contributed by atoms with van der Waals surface area (Å²) >= 11 is 0. The van der Waals surface area contributed by atoms with E-state index in [4.69, 9.17) is 4.74 Å². The largest absolute Gasteiger partial charge is 0.483 e. The number of benzene rings is 2. The third-order valence-electron chi connectivity index (χ3n) is 3.56. The lowest BCUT2D eigenvalue weighted by Gasteiger charge is -2.12. The van der Waals surface area contributed by atoms with Crippen LogP contribution in [0.3, 0.4) is 0 Å². The minimum Gasteiger partial charge on any atom is -0.483 e. The van der Waals surface area contributed by atoms with Crippen molar-refractivity contribution < 1.29 is 9.53 Å². The average molecular weight is 333 g/mol. The Morgan fingerprint density at radius 1 is 0.920 bits per heavy atom. The Labute approximate surface area is 146 Å². The van der Waals surface area contributed by atoms with Gasteiger partial charge in [-0.1, -0.05) is 54.6 Å². The van der Waals surface area contributed by atoms with Gasteiger partial charge in [-0.25, -0.2) is 4.98 Å². The number of anilines is 1. The molecule has 0 fully saturated rings. The van der Waals surface area contributed by atoms with Crippen LogP contribution in [0.25, 0.3) is 0 Å². The molecule has 5 heteroatoms. The Balaban J connectivity index is 1.55. The highest BCUT2D eigenvalue weighted by Crippen LogP contribution is 2.21. The number of ether oxygens (including phenoxy) is 1. The van der Waals surface area contributed by atoms with Gasteiger partial charge < -0.3 is 4.74 Å². The van der Waals surface area contributed by atoms with E-state index in [1.807, 2.05) is 48.5 Å². The van der Waals surface area contributed by atoms with Crippen molar-refractivity contribution in [3.8, 4) is 5.75 Å². The van der Waals surface area contributed by atoms with Crippen LogP contribution in [-0.2, 0) is 11.2 Å². The minimum absolute atomic E-state index is 0.0777. The van der Waals surface area contributed by atoms with E-state index >= 15 is 0 Å². The van der Waals surface area contributed by atoms with E-state index in [2.05, 4.69) is 28.0 Å². The second kappa shape index (κ2) is 8.49. The van der Waals surface area contributed by atoms with Crippen molar-refractivity contribution in [3.05, 3.63) is 90.1 Å². The molecule has 0 bridgehead atoms. The topological polar surface area (TPSA) is 63.2 Å². The van der Waals surface area contributed by atoms with Crippen LogP contribution in [0.1, 0.15) is 11.1 Å². The molecular weight excluding hydrogens is 314 g/mol. The van der Waals surface area contributed by atoms with Crippen molar-refractivity contribution >= 4 is 11.7 Å². The average Bonchev–Trinajstić information content (AvgIpc) is 2.67. The van der Waals surface area contributed by atoms with Gasteiger partial charge in [0.05, 0.1) is 0 Å². The summed E-state index contributed by atoms with van der Waals surface area (Å²) < 4.78 is 5.69. The SMILES string of the molecule is O=C(COc1ccccc1Cc1ccccc1)NNc1ccccn1. The van der Waals surface area contributed by atoms with Gasteiger partial charge >= 0.3 is 0 Å². The van der Waals surface area contributed by atoms with Gasteiger partial charge in [0.15, 0.2) is 6.61 Å². The summed E-state index contributed by atoms with van der Waals surface area (Å²) in [5.74, 6) is 1.000. The maximum Gasteiger partial charge on any atom is 0.276 e. The Bertz CT molecular complexity index is 807. The Morgan fingerprint density at radius 3 is 2.48 bits per heavy atom. The van der Waals surface area contributed by atoms with Crippen LogP contribution in [0.5, 0.6) is 5.75 Å². The highest BCUT2D eigenvalue weighted by molar-refractivity contribution is 5.78. The first kappa shape index (κ1) is 16.5. The van der Waals surface area contributed by atoms with E-state index in [-0.39, 0.29) is 12.5 Å². The Morgan fingerprint density at radius 2 is 1.68 bits per heavy atom. The summed E-state index contributed by atoms with van der Waals surface area (Å²) in [6, 6.07) is 23.3. The number of carbonyl (C=O) groups excluding carboxylic acids is 1. The van der Waals surface area contributed by atoms with Gasteiger partial charge in [-0.05, 0) is 29.3 Å². The van der Waals surface area contributed by atoms with Gasteiger partial charge in [-0.3, -0.25) is 15.6 Å². The van der Waals surface area contributed by atoms with Crippen molar-refractivity contribution in [1.82, 2.24) is 10.4 Å². The number of hydrogen-bond acceptors (Lipinski definition) is 4. The molecule has 3 rings (SSSR count). The molecule has 5 nitrogen and oxygen atoms in total. The molecule has 126 valence electrons. The highest BCUT2D eigenvalue weighted by atomic mass is 16.5. The van der Waals surface area contributed by atoms with E-state index in [9.17, 15) is 4.79 Å². The number of para-hydroxylation sites is 1. The molecule has 1 heterocycles. The van der Waals surface area contributed by atoms with Gasteiger partial charge in [0, 0.05) is 12.6 Å². The van der Waals surface area contributed by atoms with E-state index < -0.39 is 0 Å². The smallest absolute Gasteiger partial charge is 0.276 e. The molecule has 0 saturated heterocycles. The molecule has 0 atom stereocenters.